The van der Waals surface area contributed by atoms with Crippen molar-refractivity contribution in [2.45, 2.75) is 19.2 Å². The zero-order valence-corrected chi connectivity index (χ0v) is 8.55. The van der Waals surface area contributed by atoms with Gasteiger partial charge in [-0.2, -0.15) is 0 Å². The van der Waals surface area contributed by atoms with Crippen LogP contribution in [-0.4, -0.2) is 16.1 Å². The van der Waals surface area contributed by atoms with Crippen molar-refractivity contribution in [3.8, 4) is 0 Å². The third-order valence-electron chi connectivity index (χ3n) is 1.84. The van der Waals surface area contributed by atoms with Gasteiger partial charge in [-0.1, -0.05) is 0 Å². The van der Waals surface area contributed by atoms with Gasteiger partial charge in [0.1, 0.15) is 0 Å². The van der Waals surface area contributed by atoms with Gasteiger partial charge in [-0.05, 0) is 18.6 Å². The lowest BCUT2D eigenvalue weighted by Crippen LogP contribution is -2.10. The second kappa shape index (κ2) is 4.53. The van der Waals surface area contributed by atoms with Crippen LogP contribution in [-0.2, 0) is 5.88 Å². The fourth-order valence-corrected chi connectivity index (χ4v) is 1.49. The molecule has 1 aromatic heterocycles. The number of aromatic nitrogens is 1. The first kappa shape index (κ1) is 11.8. The molecule has 0 radical (unpaired) electrons. The van der Waals surface area contributed by atoms with Crippen LogP contribution < -0.4 is 0 Å². The van der Waals surface area contributed by atoms with Crippen LogP contribution in [0, 0.1) is 6.92 Å². The van der Waals surface area contributed by atoms with Crippen LogP contribution in [0.3, 0.4) is 0 Å². The Hall–Kier alpha value is -1.23. The number of carboxylic acids is 1. The zero-order chi connectivity index (χ0) is 11.6. The summed E-state index contributed by atoms with van der Waals surface area (Å²) in [5, 5.41) is 8.72. The van der Waals surface area contributed by atoms with Crippen LogP contribution in [0.5, 0.6) is 0 Å². The highest BCUT2D eigenvalue weighted by molar-refractivity contribution is 6.17. The maximum absolute atomic E-state index is 12.6. The Morgan fingerprint density at radius 2 is 2.27 bits per heavy atom. The summed E-state index contributed by atoms with van der Waals surface area (Å²) in [5.74, 6) is -1.64. The van der Waals surface area contributed by atoms with Gasteiger partial charge < -0.3 is 5.11 Å². The molecule has 1 aromatic rings. The van der Waals surface area contributed by atoms with Gasteiger partial charge in [-0.25, -0.2) is 18.6 Å². The molecule has 0 amide bonds. The van der Waals surface area contributed by atoms with E-state index in [0.717, 1.165) is 0 Å². The molecule has 1 heterocycles. The van der Waals surface area contributed by atoms with E-state index < -0.39 is 23.7 Å². The number of carboxylic acid groups (broad SMARTS) is 1. The maximum Gasteiger partial charge on any atom is 0.355 e. The van der Waals surface area contributed by atoms with E-state index >= 15 is 0 Å². The number of hydrogen-bond acceptors (Lipinski definition) is 2. The predicted molar refractivity (Wildman–Crippen MR) is 50.4 cm³/mol. The topological polar surface area (TPSA) is 50.2 Å². The molecule has 0 saturated heterocycles. The van der Waals surface area contributed by atoms with E-state index in [1.165, 1.54) is 13.0 Å². The Bertz CT molecular complexity index is 396. The molecule has 1 rings (SSSR count). The van der Waals surface area contributed by atoms with Crippen molar-refractivity contribution in [1.29, 1.82) is 0 Å². The Morgan fingerprint density at radius 3 is 2.67 bits per heavy atom. The average molecular weight is 236 g/mol. The molecule has 1 N–H and O–H groups in total. The Kier molecular flexibility index (Phi) is 3.57. The summed E-state index contributed by atoms with van der Waals surface area (Å²) in [6.45, 7) is 1.53. The number of rotatable bonds is 3. The lowest BCUT2D eigenvalue weighted by Gasteiger charge is -2.10. The summed E-state index contributed by atoms with van der Waals surface area (Å²) in [7, 11) is 0. The van der Waals surface area contributed by atoms with Gasteiger partial charge in [0.25, 0.3) is 6.43 Å². The van der Waals surface area contributed by atoms with Crippen molar-refractivity contribution >= 4 is 17.6 Å². The minimum atomic E-state index is -2.89. The van der Waals surface area contributed by atoms with E-state index in [2.05, 4.69) is 4.98 Å². The highest BCUT2D eigenvalue weighted by Crippen LogP contribution is 2.27. The molecule has 15 heavy (non-hydrogen) atoms. The van der Waals surface area contributed by atoms with Crippen LogP contribution in [0.2, 0.25) is 0 Å². The monoisotopic (exact) mass is 235 g/mol. The molecule has 0 atom stereocenters. The van der Waals surface area contributed by atoms with Crippen molar-refractivity contribution in [1.82, 2.24) is 4.98 Å². The third kappa shape index (κ3) is 2.41. The molecule has 0 unspecified atom stereocenters. The first-order chi connectivity index (χ1) is 6.97. The molecular weight excluding hydrogens is 228 g/mol. The number of alkyl halides is 3. The summed E-state index contributed by atoms with van der Waals surface area (Å²) in [5.41, 5.74) is -0.757. The molecule has 82 valence electrons. The van der Waals surface area contributed by atoms with Crippen LogP contribution in [0.4, 0.5) is 8.78 Å². The van der Waals surface area contributed by atoms with E-state index in [9.17, 15) is 13.6 Å². The first-order valence-corrected chi connectivity index (χ1v) is 4.58. The molecule has 0 aliphatic heterocycles. The molecule has 0 bridgehead atoms. The van der Waals surface area contributed by atoms with E-state index in [-0.39, 0.29) is 11.4 Å². The molecular formula is C9H8ClF2NO2. The minimum Gasteiger partial charge on any atom is -0.476 e. The van der Waals surface area contributed by atoms with Crippen molar-refractivity contribution in [3.05, 3.63) is 28.6 Å². The Balaban J connectivity index is 3.47. The smallest absolute Gasteiger partial charge is 0.355 e. The number of aromatic carboxylic acids is 1. The number of hydrogen-bond donors (Lipinski definition) is 1. The lowest BCUT2D eigenvalue weighted by molar-refractivity contribution is 0.0676. The van der Waals surface area contributed by atoms with Crippen molar-refractivity contribution in [2.75, 3.05) is 0 Å². The van der Waals surface area contributed by atoms with Crippen LogP contribution in [0.1, 0.15) is 33.7 Å². The normalized spacial score (nSPS) is 10.7. The summed E-state index contributed by atoms with van der Waals surface area (Å²) in [4.78, 5) is 14.3. The number of carbonyl (C=O) groups is 1. The first-order valence-electron chi connectivity index (χ1n) is 4.05. The average Bonchev–Trinajstić information content (AvgIpc) is 2.15. The Morgan fingerprint density at radius 1 is 1.67 bits per heavy atom. The number of halogens is 3. The van der Waals surface area contributed by atoms with Crippen LogP contribution in [0.15, 0.2) is 6.07 Å². The van der Waals surface area contributed by atoms with Gasteiger partial charge in [0.05, 0.1) is 5.56 Å². The second-order valence-electron chi connectivity index (χ2n) is 2.92. The SMILES string of the molecule is Cc1cc(CCl)c(C(F)F)c(C(=O)O)n1. The molecule has 0 aliphatic carbocycles. The minimum absolute atomic E-state index is 0.108. The fourth-order valence-electron chi connectivity index (χ4n) is 1.27. The van der Waals surface area contributed by atoms with Crippen molar-refractivity contribution in [2.24, 2.45) is 0 Å². The van der Waals surface area contributed by atoms with Gasteiger partial charge >= 0.3 is 5.97 Å². The standard InChI is InChI=1S/C9H8ClF2NO2/c1-4-2-5(3-10)6(8(11)12)7(13-4)9(14)15/h2,8H,3H2,1H3,(H,14,15). The maximum atomic E-state index is 12.6. The van der Waals surface area contributed by atoms with E-state index in [1.807, 2.05) is 0 Å². The predicted octanol–water partition coefficient (Wildman–Crippen LogP) is 2.76. The van der Waals surface area contributed by atoms with Gasteiger partial charge in [0, 0.05) is 11.6 Å². The molecule has 6 heteroatoms. The molecule has 0 fully saturated rings. The van der Waals surface area contributed by atoms with Gasteiger partial charge in [-0.15, -0.1) is 11.6 Å². The summed E-state index contributed by atoms with van der Waals surface area (Å²) < 4.78 is 25.2. The van der Waals surface area contributed by atoms with Crippen LogP contribution >= 0.6 is 11.6 Å². The molecule has 0 saturated carbocycles. The number of pyridine rings is 1. The third-order valence-corrected chi connectivity index (χ3v) is 2.13. The number of nitrogens with zero attached hydrogens (tertiary/aromatic N) is 1. The highest BCUT2D eigenvalue weighted by atomic mass is 35.5. The second-order valence-corrected chi connectivity index (χ2v) is 3.19. The quantitative estimate of drug-likeness (QED) is 0.820. The summed E-state index contributed by atoms with van der Waals surface area (Å²) in [6.07, 6.45) is -2.89. The van der Waals surface area contributed by atoms with Gasteiger partial charge in [-0.3, -0.25) is 0 Å². The lowest BCUT2D eigenvalue weighted by atomic mass is 10.1. The van der Waals surface area contributed by atoms with Gasteiger partial charge in [0.2, 0.25) is 0 Å². The fraction of sp³-hybridized carbons (Fsp3) is 0.333. The molecule has 0 aromatic carbocycles. The Labute approximate surface area is 89.7 Å². The van der Waals surface area contributed by atoms with Gasteiger partial charge in [0.15, 0.2) is 5.69 Å². The van der Waals surface area contributed by atoms with Crippen LogP contribution in [0.25, 0.3) is 0 Å². The molecule has 0 spiro atoms. The highest BCUT2D eigenvalue weighted by Gasteiger charge is 2.23. The molecule has 3 nitrogen and oxygen atoms in total. The molecule has 0 aliphatic rings. The van der Waals surface area contributed by atoms with E-state index in [4.69, 9.17) is 16.7 Å². The van der Waals surface area contributed by atoms with E-state index in [1.54, 1.807) is 0 Å². The van der Waals surface area contributed by atoms with Crippen molar-refractivity contribution < 1.29 is 18.7 Å². The van der Waals surface area contributed by atoms with E-state index in [0.29, 0.717) is 5.69 Å². The number of aryl methyl sites for hydroxylation is 1. The largest absolute Gasteiger partial charge is 0.476 e. The van der Waals surface area contributed by atoms with Crippen molar-refractivity contribution in [3.63, 3.8) is 0 Å². The summed E-state index contributed by atoms with van der Waals surface area (Å²) in [6, 6.07) is 1.36. The zero-order valence-electron chi connectivity index (χ0n) is 7.80. The summed E-state index contributed by atoms with van der Waals surface area (Å²) >= 11 is 5.47.